The van der Waals surface area contributed by atoms with Gasteiger partial charge in [0.25, 0.3) is 0 Å². The number of carbonyl (C=O) groups excluding carboxylic acids is 4. The number of alkyl halides is 4. The van der Waals surface area contributed by atoms with Crippen molar-refractivity contribution in [3.05, 3.63) is 59.3 Å². The number of hydrogen-bond acceptors (Lipinski definition) is 9. The van der Waals surface area contributed by atoms with E-state index in [1.54, 1.807) is 18.2 Å². The number of halogens is 4. The van der Waals surface area contributed by atoms with Gasteiger partial charge in [-0.15, -0.1) is 0 Å². The third-order valence-electron chi connectivity index (χ3n) is 7.34. The van der Waals surface area contributed by atoms with E-state index in [1.807, 2.05) is 6.07 Å². The number of carbonyl (C=O) groups is 4. The van der Waals surface area contributed by atoms with E-state index in [1.165, 1.54) is 18.3 Å². The monoisotopic (exact) mass is 617 g/mol. The summed E-state index contributed by atoms with van der Waals surface area (Å²) in [6.45, 7) is -0.117. The number of benzene rings is 2. The number of aromatic nitrogens is 2. The topological polar surface area (TPSA) is 184 Å². The summed E-state index contributed by atoms with van der Waals surface area (Å²) < 4.78 is 57.3. The number of ether oxygens (including phenoxy) is 1. The van der Waals surface area contributed by atoms with Gasteiger partial charge >= 0.3 is 18.1 Å². The van der Waals surface area contributed by atoms with Crippen molar-refractivity contribution >= 4 is 46.3 Å². The van der Waals surface area contributed by atoms with Crippen molar-refractivity contribution in [3.8, 4) is 0 Å². The molecule has 0 bridgehead atoms. The molecule has 1 aliphatic carbocycles. The smallest absolute Gasteiger partial charge is 0.386 e. The molecule has 2 aromatic carbocycles. The van der Waals surface area contributed by atoms with E-state index < -0.39 is 54.5 Å². The number of guanidine groups is 1. The van der Waals surface area contributed by atoms with Crippen molar-refractivity contribution in [2.75, 3.05) is 18.4 Å². The lowest BCUT2D eigenvalue weighted by Gasteiger charge is -2.26. The molecule has 3 atom stereocenters. The van der Waals surface area contributed by atoms with Crippen LogP contribution in [-0.2, 0) is 19.1 Å². The summed E-state index contributed by atoms with van der Waals surface area (Å²) in [4.78, 5) is 53.5. The minimum absolute atomic E-state index is 0.0119. The van der Waals surface area contributed by atoms with Crippen molar-refractivity contribution in [1.82, 2.24) is 15.1 Å². The van der Waals surface area contributed by atoms with Crippen molar-refractivity contribution in [2.45, 2.75) is 49.5 Å². The maximum Gasteiger partial charge on any atom is 0.491 e. The van der Waals surface area contributed by atoms with Gasteiger partial charge in [-0.05, 0) is 42.0 Å². The first-order valence-electron chi connectivity index (χ1n) is 13.5. The molecule has 0 saturated heterocycles. The van der Waals surface area contributed by atoms with E-state index in [9.17, 15) is 36.7 Å². The largest absolute Gasteiger partial charge is 0.491 e. The second kappa shape index (κ2) is 11.9. The van der Waals surface area contributed by atoms with Gasteiger partial charge in [0.1, 0.15) is 12.2 Å². The molecule has 1 fully saturated rings. The molecule has 1 saturated carbocycles. The van der Waals surface area contributed by atoms with Gasteiger partial charge in [0.05, 0.1) is 36.9 Å². The van der Waals surface area contributed by atoms with E-state index >= 15 is 0 Å². The van der Waals surface area contributed by atoms with Gasteiger partial charge in [-0.25, -0.2) is 14.2 Å². The van der Waals surface area contributed by atoms with Crippen molar-refractivity contribution in [2.24, 2.45) is 16.5 Å². The Balaban J connectivity index is 1.60. The molecule has 0 radical (unpaired) electrons. The molecule has 0 spiro atoms. The Bertz CT molecular complexity index is 1670. The van der Waals surface area contributed by atoms with Crippen LogP contribution in [0.5, 0.6) is 0 Å². The average molecular weight is 618 g/mol. The number of amides is 2. The minimum atomic E-state index is -5.42. The number of fused-ring (bicyclic) bond motifs is 1. The quantitative estimate of drug-likeness (QED) is 0.160. The molecule has 12 nitrogen and oxygen atoms in total. The Morgan fingerprint density at radius 1 is 1.14 bits per heavy atom. The molecule has 44 heavy (non-hydrogen) atoms. The lowest BCUT2D eigenvalue weighted by molar-refractivity contribution is -0.202. The summed E-state index contributed by atoms with van der Waals surface area (Å²) in [5, 5.41) is 10.4. The number of nitrogens with zero attached hydrogens (tertiary/aromatic N) is 3. The molecule has 16 heteroatoms. The molecule has 2 unspecified atom stereocenters. The molecule has 5 rings (SSSR count). The fraction of sp³-hybridized carbons (Fsp3) is 0.357. The van der Waals surface area contributed by atoms with Crippen LogP contribution in [0.2, 0.25) is 0 Å². The van der Waals surface area contributed by atoms with E-state index in [4.69, 9.17) is 11.5 Å². The number of rotatable bonds is 9. The fourth-order valence-electron chi connectivity index (χ4n) is 5.09. The first-order valence-corrected chi connectivity index (χ1v) is 13.5. The molecular weight excluding hydrogens is 590 g/mol. The predicted octanol–water partition coefficient (Wildman–Crippen LogP) is 2.55. The fourth-order valence-corrected chi connectivity index (χ4v) is 5.09. The van der Waals surface area contributed by atoms with Crippen molar-refractivity contribution in [1.29, 1.82) is 0 Å². The first-order chi connectivity index (χ1) is 20.8. The zero-order valence-electron chi connectivity index (χ0n) is 22.9. The summed E-state index contributed by atoms with van der Waals surface area (Å²) in [5.41, 5.74) is 13.0. The third kappa shape index (κ3) is 6.63. The summed E-state index contributed by atoms with van der Waals surface area (Å²) >= 11 is 0. The van der Waals surface area contributed by atoms with Crippen LogP contribution < -0.4 is 22.1 Å². The van der Waals surface area contributed by atoms with Gasteiger partial charge in [0, 0.05) is 16.9 Å². The zero-order chi connectivity index (χ0) is 31.8. The average Bonchev–Trinajstić information content (AvgIpc) is 3.73. The lowest BCUT2D eigenvalue weighted by atomic mass is 9.86. The second-order valence-electron chi connectivity index (χ2n) is 10.6. The molecular formula is C28H27F4N7O5. The molecule has 1 aliphatic heterocycles. The number of nitrogens with two attached hydrogens (primary N) is 2. The molecule has 6 N–H and O–H groups in total. The minimum Gasteiger partial charge on any atom is -0.386 e. The van der Waals surface area contributed by atoms with E-state index in [2.05, 4.69) is 25.5 Å². The predicted molar refractivity (Wildman–Crippen MR) is 148 cm³/mol. The zero-order valence-corrected chi connectivity index (χ0v) is 22.9. The maximum absolute atomic E-state index is 13.6. The van der Waals surface area contributed by atoms with E-state index in [-0.39, 0.29) is 41.7 Å². The Kier molecular flexibility index (Phi) is 8.25. The van der Waals surface area contributed by atoms with Crippen LogP contribution in [-0.4, -0.2) is 64.9 Å². The van der Waals surface area contributed by atoms with Gasteiger partial charge in [-0.3, -0.25) is 19.1 Å². The number of esters is 2. The number of nitrogens with one attached hydrogen (secondary N) is 2. The van der Waals surface area contributed by atoms with Crippen LogP contribution in [0.4, 0.5) is 23.2 Å². The van der Waals surface area contributed by atoms with Gasteiger partial charge < -0.3 is 26.8 Å². The van der Waals surface area contributed by atoms with Gasteiger partial charge in [-0.1, -0.05) is 24.3 Å². The Labute approximate surface area is 246 Å². The standard InChI is InChI=1S/C28H27F4N7O5/c29-17-10-35-27(36-11-17)38-20-7-16(24(33)41)8-21-19(20)12-37-39(21)23(25(34)42)18(9-22(40)44-26(43)28(30,31)32)15-3-1-2-14(6-15)13-4-5-13/h1-3,6-8,12-13,17-18,23H,4-5,9-11H2,(H2,33,41)(H2,34,42)(H2,35,36,38)/t18-,23?/m0/s1. The highest BCUT2D eigenvalue weighted by atomic mass is 19.4. The molecule has 232 valence electrons. The van der Waals surface area contributed by atoms with Crippen LogP contribution >= 0.6 is 0 Å². The molecule has 3 aromatic rings. The van der Waals surface area contributed by atoms with Crippen LogP contribution in [0.25, 0.3) is 10.9 Å². The SMILES string of the molecule is NC(=O)c1cc(NC2=NCC(F)CN2)c2cnn(C(C(N)=O)[C@@H](CC(=O)OC(=O)C(F)(F)F)c3cccc(C4CC4)c3)c2c1. The Morgan fingerprint density at radius 2 is 1.89 bits per heavy atom. The normalized spacial score (nSPS) is 18.1. The highest BCUT2D eigenvalue weighted by Crippen LogP contribution is 2.42. The van der Waals surface area contributed by atoms with Crippen molar-refractivity contribution < 1.29 is 41.5 Å². The molecule has 2 amide bonds. The highest BCUT2D eigenvalue weighted by molar-refractivity contribution is 6.07. The van der Waals surface area contributed by atoms with E-state index in [0.29, 0.717) is 10.9 Å². The van der Waals surface area contributed by atoms with Crippen LogP contribution in [0.15, 0.2) is 47.6 Å². The third-order valence-corrected chi connectivity index (χ3v) is 7.34. The summed E-state index contributed by atoms with van der Waals surface area (Å²) in [6.07, 6.45) is -4.30. The number of primary amides is 2. The number of hydrogen-bond donors (Lipinski definition) is 4. The number of aliphatic imine (C=N–C) groups is 1. The van der Waals surface area contributed by atoms with Crippen LogP contribution in [0.1, 0.15) is 58.6 Å². The maximum atomic E-state index is 13.6. The summed E-state index contributed by atoms with van der Waals surface area (Å²) in [7, 11) is 0. The lowest BCUT2D eigenvalue weighted by Crippen LogP contribution is -2.41. The van der Waals surface area contributed by atoms with Crippen LogP contribution in [0, 0.1) is 0 Å². The van der Waals surface area contributed by atoms with Gasteiger partial charge in [0.15, 0.2) is 5.96 Å². The molecule has 2 aliphatic rings. The molecule has 2 heterocycles. The summed E-state index contributed by atoms with van der Waals surface area (Å²) in [6, 6.07) is 8.04. The van der Waals surface area contributed by atoms with Crippen molar-refractivity contribution in [3.63, 3.8) is 0 Å². The second-order valence-corrected chi connectivity index (χ2v) is 10.6. The number of anilines is 1. The Hall–Kier alpha value is -5.02. The Morgan fingerprint density at radius 3 is 2.50 bits per heavy atom. The van der Waals surface area contributed by atoms with Gasteiger partial charge in [0.2, 0.25) is 11.8 Å². The van der Waals surface area contributed by atoms with E-state index in [0.717, 1.165) is 23.1 Å². The molecule has 1 aromatic heterocycles. The summed E-state index contributed by atoms with van der Waals surface area (Å²) in [5.74, 6) is -6.91. The first kappa shape index (κ1) is 30.4. The van der Waals surface area contributed by atoms with Crippen LogP contribution in [0.3, 0.4) is 0 Å². The van der Waals surface area contributed by atoms with Gasteiger partial charge in [-0.2, -0.15) is 18.3 Å². The highest BCUT2D eigenvalue weighted by Gasteiger charge is 2.43.